The molecule has 1 unspecified atom stereocenters. The van der Waals surface area contributed by atoms with Gasteiger partial charge in [-0.2, -0.15) is 0 Å². The molecule has 0 aromatic heterocycles. The molecule has 0 spiro atoms. The molecule has 0 saturated carbocycles. The lowest BCUT2D eigenvalue weighted by molar-refractivity contribution is 0.548. The Hall–Kier alpha value is -1.18. The van der Waals surface area contributed by atoms with E-state index in [1.807, 2.05) is 12.1 Å². The van der Waals surface area contributed by atoms with Crippen LogP contribution in [-0.2, 0) is 19.6 Å². The lowest BCUT2D eigenvalue weighted by Crippen LogP contribution is -2.30. The van der Waals surface area contributed by atoms with Crippen LogP contribution in [0.15, 0.2) is 12.1 Å². The third-order valence-corrected chi connectivity index (χ3v) is 4.36. The van der Waals surface area contributed by atoms with E-state index in [2.05, 4.69) is 5.32 Å². The second-order valence-corrected chi connectivity index (χ2v) is 6.39. The van der Waals surface area contributed by atoms with Crippen LogP contribution in [0.3, 0.4) is 0 Å². The zero-order valence-corrected chi connectivity index (χ0v) is 14.9. The standard InChI is InChI=1S/C18H36N6/c19-7-5-3-1-2-4-6-17(23)13-24-18-15(11-21)8-14(10-20)9-16(18)12-22/h8-9,17,24H,1-7,10-13,19-23H2. The van der Waals surface area contributed by atoms with Gasteiger partial charge in [0.05, 0.1) is 0 Å². The summed E-state index contributed by atoms with van der Waals surface area (Å²) >= 11 is 0. The fraction of sp³-hybridized carbons (Fsp3) is 0.667. The Kier molecular flexibility index (Phi) is 10.6. The summed E-state index contributed by atoms with van der Waals surface area (Å²) in [4.78, 5) is 0. The topological polar surface area (TPSA) is 142 Å². The van der Waals surface area contributed by atoms with Crippen molar-refractivity contribution in [3.8, 4) is 0 Å². The highest BCUT2D eigenvalue weighted by atomic mass is 14.9. The van der Waals surface area contributed by atoms with E-state index < -0.39 is 0 Å². The van der Waals surface area contributed by atoms with Crippen LogP contribution >= 0.6 is 0 Å². The van der Waals surface area contributed by atoms with Gasteiger partial charge in [-0.15, -0.1) is 0 Å². The summed E-state index contributed by atoms with van der Waals surface area (Å²) in [5.41, 5.74) is 33.4. The average molecular weight is 337 g/mol. The van der Waals surface area contributed by atoms with Crippen molar-refractivity contribution in [1.82, 2.24) is 0 Å². The van der Waals surface area contributed by atoms with Crippen LogP contribution in [-0.4, -0.2) is 19.1 Å². The van der Waals surface area contributed by atoms with Gasteiger partial charge < -0.3 is 34.0 Å². The Morgan fingerprint density at radius 1 is 0.792 bits per heavy atom. The quantitative estimate of drug-likeness (QED) is 0.298. The second kappa shape index (κ2) is 12.2. The molecule has 6 nitrogen and oxygen atoms in total. The summed E-state index contributed by atoms with van der Waals surface area (Å²) in [5.74, 6) is 0. The van der Waals surface area contributed by atoms with Crippen molar-refractivity contribution in [3.05, 3.63) is 28.8 Å². The van der Waals surface area contributed by atoms with Crippen LogP contribution < -0.4 is 34.0 Å². The first kappa shape index (κ1) is 20.9. The Balaban J connectivity index is 2.48. The molecule has 0 aliphatic rings. The zero-order chi connectivity index (χ0) is 17.8. The fourth-order valence-electron chi connectivity index (χ4n) is 2.92. The monoisotopic (exact) mass is 336 g/mol. The Labute approximate surface area is 146 Å². The maximum Gasteiger partial charge on any atom is 0.0432 e. The maximum absolute atomic E-state index is 6.24. The minimum Gasteiger partial charge on any atom is -0.383 e. The number of rotatable bonds is 13. The van der Waals surface area contributed by atoms with Crippen molar-refractivity contribution < 1.29 is 0 Å². The normalized spacial score (nSPS) is 12.4. The van der Waals surface area contributed by atoms with Crippen molar-refractivity contribution in [2.24, 2.45) is 28.7 Å². The molecule has 0 heterocycles. The van der Waals surface area contributed by atoms with Gasteiger partial charge >= 0.3 is 0 Å². The van der Waals surface area contributed by atoms with Crippen LogP contribution in [0.2, 0.25) is 0 Å². The van der Waals surface area contributed by atoms with Gasteiger partial charge in [0.2, 0.25) is 0 Å². The van der Waals surface area contributed by atoms with Crippen LogP contribution in [0, 0.1) is 0 Å². The molecular formula is C18H36N6. The number of hydrogen-bond donors (Lipinski definition) is 6. The molecule has 24 heavy (non-hydrogen) atoms. The molecule has 0 aliphatic carbocycles. The minimum absolute atomic E-state index is 0.130. The average Bonchev–Trinajstić information content (AvgIpc) is 2.61. The first-order valence-electron chi connectivity index (χ1n) is 9.10. The van der Waals surface area contributed by atoms with Crippen molar-refractivity contribution in [2.75, 3.05) is 18.4 Å². The van der Waals surface area contributed by atoms with Crippen LogP contribution in [0.1, 0.15) is 55.2 Å². The van der Waals surface area contributed by atoms with E-state index in [1.165, 1.54) is 19.3 Å². The molecule has 0 radical (unpaired) electrons. The lowest BCUT2D eigenvalue weighted by atomic mass is 10.0. The molecule has 0 fully saturated rings. The van der Waals surface area contributed by atoms with Crippen LogP contribution in [0.4, 0.5) is 5.69 Å². The second-order valence-electron chi connectivity index (χ2n) is 6.39. The van der Waals surface area contributed by atoms with Gasteiger partial charge in [-0.05, 0) is 36.1 Å². The molecule has 0 saturated heterocycles. The molecule has 1 atom stereocenters. The summed E-state index contributed by atoms with van der Waals surface area (Å²) in [6.07, 6.45) is 6.99. The molecule has 138 valence electrons. The lowest BCUT2D eigenvalue weighted by Gasteiger charge is -2.19. The van der Waals surface area contributed by atoms with E-state index in [-0.39, 0.29) is 6.04 Å². The van der Waals surface area contributed by atoms with Gasteiger partial charge in [-0.3, -0.25) is 0 Å². The van der Waals surface area contributed by atoms with Crippen molar-refractivity contribution >= 4 is 5.69 Å². The molecule has 6 heteroatoms. The highest BCUT2D eigenvalue weighted by molar-refractivity contribution is 5.59. The van der Waals surface area contributed by atoms with Gasteiger partial charge in [-0.25, -0.2) is 0 Å². The number of benzene rings is 1. The van der Waals surface area contributed by atoms with Crippen molar-refractivity contribution in [2.45, 2.75) is 64.2 Å². The van der Waals surface area contributed by atoms with Gasteiger partial charge in [-0.1, -0.05) is 37.8 Å². The van der Waals surface area contributed by atoms with Gasteiger partial charge in [0.25, 0.3) is 0 Å². The smallest absolute Gasteiger partial charge is 0.0432 e. The van der Waals surface area contributed by atoms with Crippen molar-refractivity contribution in [1.29, 1.82) is 0 Å². The molecular weight excluding hydrogens is 300 g/mol. The summed E-state index contributed by atoms with van der Waals surface area (Å²) < 4.78 is 0. The van der Waals surface area contributed by atoms with E-state index in [0.29, 0.717) is 19.6 Å². The number of hydrogen-bond acceptors (Lipinski definition) is 6. The van der Waals surface area contributed by atoms with Crippen molar-refractivity contribution in [3.63, 3.8) is 0 Å². The Morgan fingerprint density at radius 3 is 1.92 bits per heavy atom. The summed E-state index contributed by atoms with van der Waals surface area (Å²) in [7, 11) is 0. The first-order valence-corrected chi connectivity index (χ1v) is 9.10. The molecule has 0 bridgehead atoms. The number of unbranched alkanes of at least 4 members (excludes halogenated alkanes) is 4. The Morgan fingerprint density at radius 2 is 1.38 bits per heavy atom. The number of anilines is 1. The molecule has 1 aromatic carbocycles. The van der Waals surface area contributed by atoms with E-state index in [9.17, 15) is 0 Å². The zero-order valence-electron chi connectivity index (χ0n) is 14.9. The summed E-state index contributed by atoms with van der Waals surface area (Å²) in [6.45, 7) is 2.92. The fourth-order valence-corrected chi connectivity index (χ4v) is 2.92. The SMILES string of the molecule is NCCCCCCCC(N)CNc1c(CN)cc(CN)cc1CN. The molecule has 1 aromatic rings. The molecule has 1 rings (SSSR count). The van der Waals surface area contributed by atoms with E-state index in [4.69, 9.17) is 28.7 Å². The highest BCUT2D eigenvalue weighted by Crippen LogP contribution is 2.23. The first-order chi connectivity index (χ1) is 11.7. The maximum atomic E-state index is 6.24. The Bertz CT molecular complexity index is 438. The third-order valence-electron chi connectivity index (χ3n) is 4.36. The van der Waals surface area contributed by atoms with Crippen LogP contribution in [0.5, 0.6) is 0 Å². The largest absolute Gasteiger partial charge is 0.383 e. The number of nitrogens with two attached hydrogens (primary N) is 5. The molecule has 11 N–H and O–H groups in total. The predicted octanol–water partition coefficient (Wildman–Crippen LogP) is 1.10. The highest BCUT2D eigenvalue weighted by Gasteiger charge is 2.10. The summed E-state index contributed by atoms with van der Waals surface area (Å²) in [6, 6.07) is 4.22. The number of nitrogens with one attached hydrogen (secondary N) is 1. The third kappa shape index (κ3) is 7.15. The van der Waals surface area contributed by atoms with Gasteiger partial charge in [0, 0.05) is 37.9 Å². The van der Waals surface area contributed by atoms with E-state index in [1.54, 1.807) is 0 Å². The summed E-state index contributed by atoms with van der Waals surface area (Å²) in [5, 5.41) is 3.45. The van der Waals surface area contributed by atoms with Crippen LogP contribution in [0.25, 0.3) is 0 Å². The van der Waals surface area contributed by atoms with Gasteiger partial charge in [0.15, 0.2) is 0 Å². The molecule has 0 aliphatic heterocycles. The van der Waals surface area contributed by atoms with E-state index >= 15 is 0 Å². The van der Waals surface area contributed by atoms with E-state index in [0.717, 1.165) is 54.7 Å². The van der Waals surface area contributed by atoms with Gasteiger partial charge in [0.1, 0.15) is 0 Å². The minimum atomic E-state index is 0.130. The molecule has 0 amide bonds. The predicted molar refractivity (Wildman–Crippen MR) is 103 cm³/mol.